The summed E-state index contributed by atoms with van der Waals surface area (Å²) >= 11 is 2.99. The second-order valence-electron chi connectivity index (χ2n) is 6.64. The molecular weight excluding hydrogens is 356 g/mol. The van der Waals surface area contributed by atoms with Gasteiger partial charge < -0.3 is 9.80 Å². The van der Waals surface area contributed by atoms with Crippen LogP contribution in [0.1, 0.15) is 25.9 Å². The molecule has 0 atom stereocenters. The smallest absolute Gasteiger partial charge is 0.267 e. The van der Waals surface area contributed by atoms with Crippen molar-refractivity contribution in [2.24, 2.45) is 0 Å². The molecule has 25 heavy (non-hydrogen) atoms. The van der Waals surface area contributed by atoms with Crippen LogP contribution in [0.2, 0.25) is 0 Å². The van der Waals surface area contributed by atoms with E-state index in [4.69, 9.17) is 4.98 Å². The Labute approximate surface area is 151 Å². The first kappa shape index (κ1) is 15.2. The lowest BCUT2D eigenvalue weighted by atomic mass is 10.1. The number of fused-ring (bicyclic) bond motifs is 6. The summed E-state index contributed by atoms with van der Waals surface area (Å²) in [6, 6.07) is 1.85. The lowest BCUT2D eigenvalue weighted by Gasteiger charge is -2.21. The molecule has 2 aliphatic rings. The average molecular weight is 372 g/mol. The first-order chi connectivity index (χ1) is 12.0. The molecule has 0 aromatic carbocycles. The van der Waals surface area contributed by atoms with Crippen molar-refractivity contribution in [2.45, 2.75) is 19.5 Å². The molecule has 0 radical (unpaired) electrons. The fourth-order valence-corrected chi connectivity index (χ4v) is 5.84. The maximum absolute atomic E-state index is 13.4. The second-order valence-corrected chi connectivity index (χ2v) is 8.64. The molecule has 128 valence electrons. The van der Waals surface area contributed by atoms with Crippen LogP contribution in [0, 0.1) is 0 Å². The number of carbonyl (C=O) groups is 1. The van der Waals surface area contributed by atoms with Gasteiger partial charge in [-0.3, -0.25) is 14.2 Å². The van der Waals surface area contributed by atoms with Crippen molar-refractivity contribution >= 4 is 38.8 Å². The molecular formula is C17H16N4O2S2. The highest BCUT2D eigenvalue weighted by Gasteiger charge is 2.30. The van der Waals surface area contributed by atoms with Crippen molar-refractivity contribution in [2.75, 3.05) is 20.6 Å². The fraction of sp³-hybridized carbons (Fsp3) is 0.353. The standard InChI is InChI=1S/C17H16N4O2S2/c1-19-5-3-9-11(7-19)25-15-13(9)16(22)21-10-4-6-24-14(10)17(23)20(2)8-12(21)18-15/h4,6H,3,5,7-8H2,1-2H3. The van der Waals surface area contributed by atoms with Gasteiger partial charge in [0.05, 0.1) is 17.6 Å². The Bertz CT molecular complexity index is 1090. The third-order valence-corrected chi connectivity index (χ3v) is 6.94. The number of nitrogens with zero attached hydrogens (tertiary/aromatic N) is 4. The maximum atomic E-state index is 13.4. The highest BCUT2D eigenvalue weighted by Crippen LogP contribution is 2.34. The van der Waals surface area contributed by atoms with E-state index in [1.165, 1.54) is 16.2 Å². The van der Waals surface area contributed by atoms with Gasteiger partial charge in [-0.25, -0.2) is 4.98 Å². The molecule has 0 bridgehead atoms. The third-order valence-electron chi connectivity index (χ3n) is 4.94. The van der Waals surface area contributed by atoms with Crippen molar-refractivity contribution in [1.82, 2.24) is 19.4 Å². The van der Waals surface area contributed by atoms with Crippen LogP contribution in [0.3, 0.4) is 0 Å². The minimum absolute atomic E-state index is 0.0372. The zero-order valence-corrected chi connectivity index (χ0v) is 15.5. The maximum Gasteiger partial charge on any atom is 0.267 e. The quantitative estimate of drug-likeness (QED) is 0.606. The molecule has 0 saturated heterocycles. The number of thiophene rings is 2. The number of hydrogen-bond donors (Lipinski definition) is 0. The molecule has 8 heteroatoms. The number of carbonyl (C=O) groups excluding carboxylic acids is 1. The molecule has 3 aromatic rings. The van der Waals surface area contributed by atoms with Gasteiger partial charge in [0.25, 0.3) is 11.5 Å². The van der Waals surface area contributed by atoms with E-state index < -0.39 is 0 Å². The number of amides is 1. The van der Waals surface area contributed by atoms with Crippen LogP contribution in [-0.4, -0.2) is 45.9 Å². The van der Waals surface area contributed by atoms with E-state index in [9.17, 15) is 9.59 Å². The predicted octanol–water partition coefficient (Wildman–Crippen LogP) is 2.08. The van der Waals surface area contributed by atoms with Gasteiger partial charge >= 0.3 is 0 Å². The van der Waals surface area contributed by atoms with Crippen LogP contribution in [0.25, 0.3) is 15.9 Å². The van der Waals surface area contributed by atoms with Crippen LogP contribution in [0.15, 0.2) is 16.2 Å². The zero-order chi connectivity index (χ0) is 17.3. The Morgan fingerprint density at radius 3 is 2.88 bits per heavy atom. The Morgan fingerprint density at radius 2 is 2.04 bits per heavy atom. The van der Waals surface area contributed by atoms with E-state index in [1.807, 2.05) is 11.4 Å². The molecule has 6 nitrogen and oxygen atoms in total. The van der Waals surface area contributed by atoms with E-state index in [0.717, 1.165) is 35.3 Å². The van der Waals surface area contributed by atoms with E-state index in [0.29, 0.717) is 22.9 Å². The average Bonchev–Trinajstić information content (AvgIpc) is 3.15. The fourth-order valence-electron chi connectivity index (χ4n) is 3.66. The van der Waals surface area contributed by atoms with E-state index >= 15 is 0 Å². The minimum atomic E-state index is -0.0538. The zero-order valence-electron chi connectivity index (χ0n) is 13.9. The summed E-state index contributed by atoms with van der Waals surface area (Å²) < 4.78 is 1.65. The SMILES string of the molecule is CN1CCc2c(sc3nc4n(c(=O)c23)-c2ccsc2C(=O)N(C)C4)C1. The molecule has 0 N–H and O–H groups in total. The van der Waals surface area contributed by atoms with Gasteiger partial charge in [0.1, 0.15) is 15.5 Å². The monoisotopic (exact) mass is 372 g/mol. The summed E-state index contributed by atoms with van der Waals surface area (Å²) in [5, 5.41) is 2.60. The van der Waals surface area contributed by atoms with Gasteiger partial charge in [-0.15, -0.1) is 22.7 Å². The summed E-state index contributed by atoms with van der Waals surface area (Å²) in [6.45, 7) is 2.16. The Hall–Kier alpha value is -2.03. The first-order valence-corrected chi connectivity index (χ1v) is 9.82. The topological polar surface area (TPSA) is 58.4 Å². The molecule has 0 saturated carbocycles. The Kier molecular flexibility index (Phi) is 3.19. The summed E-state index contributed by atoms with van der Waals surface area (Å²) in [7, 11) is 3.85. The number of hydrogen-bond acceptors (Lipinski definition) is 6. The van der Waals surface area contributed by atoms with Crippen LogP contribution >= 0.6 is 22.7 Å². The lowest BCUT2D eigenvalue weighted by Crippen LogP contribution is -2.28. The lowest BCUT2D eigenvalue weighted by molar-refractivity contribution is 0.0791. The molecule has 5 heterocycles. The highest BCUT2D eigenvalue weighted by molar-refractivity contribution is 7.18. The normalized spacial score (nSPS) is 17.4. The van der Waals surface area contributed by atoms with Crippen molar-refractivity contribution in [1.29, 1.82) is 0 Å². The molecule has 0 aliphatic carbocycles. The Morgan fingerprint density at radius 1 is 1.20 bits per heavy atom. The largest absolute Gasteiger partial charge is 0.333 e. The van der Waals surface area contributed by atoms with Gasteiger partial charge in [-0.2, -0.15) is 0 Å². The van der Waals surface area contributed by atoms with E-state index in [-0.39, 0.29) is 11.5 Å². The number of aromatic nitrogens is 2. The van der Waals surface area contributed by atoms with Gasteiger partial charge in [-0.05, 0) is 30.5 Å². The van der Waals surface area contributed by atoms with Gasteiger partial charge in [0, 0.05) is 25.0 Å². The van der Waals surface area contributed by atoms with Crippen molar-refractivity contribution < 1.29 is 4.79 Å². The third kappa shape index (κ3) is 2.08. The molecule has 0 unspecified atom stereocenters. The Balaban J connectivity index is 1.86. The summed E-state index contributed by atoms with van der Waals surface area (Å²) in [4.78, 5) is 37.3. The molecule has 3 aromatic heterocycles. The van der Waals surface area contributed by atoms with Crippen LogP contribution in [0.5, 0.6) is 0 Å². The highest BCUT2D eigenvalue weighted by atomic mass is 32.1. The van der Waals surface area contributed by atoms with Crippen molar-refractivity contribution in [3.63, 3.8) is 0 Å². The molecule has 0 fully saturated rings. The van der Waals surface area contributed by atoms with Crippen molar-refractivity contribution in [3.05, 3.63) is 42.9 Å². The minimum Gasteiger partial charge on any atom is -0.333 e. The van der Waals surface area contributed by atoms with E-state index in [1.54, 1.807) is 27.9 Å². The van der Waals surface area contributed by atoms with E-state index in [2.05, 4.69) is 11.9 Å². The molecule has 0 spiro atoms. The summed E-state index contributed by atoms with van der Waals surface area (Å²) in [5.41, 5.74) is 1.78. The second kappa shape index (κ2) is 5.23. The predicted molar refractivity (Wildman–Crippen MR) is 98.9 cm³/mol. The van der Waals surface area contributed by atoms with Crippen LogP contribution < -0.4 is 5.56 Å². The van der Waals surface area contributed by atoms with Gasteiger partial charge in [-0.1, -0.05) is 0 Å². The summed E-state index contributed by atoms with van der Waals surface area (Å²) in [6.07, 6.45) is 0.872. The number of rotatable bonds is 0. The molecule has 5 rings (SSSR count). The molecule has 1 amide bonds. The van der Waals surface area contributed by atoms with Crippen molar-refractivity contribution in [3.8, 4) is 5.69 Å². The molecule has 2 aliphatic heterocycles. The summed E-state index contributed by atoms with van der Waals surface area (Å²) in [5.74, 6) is 0.583. The van der Waals surface area contributed by atoms with Gasteiger partial charge in [0.15, 0.2) is 0 Å². The number of likely N-dealkylation sites (N-methyl/N-ethyl adjacent to an activating group) is 1. The van der Waals surface area contributed by atoms with Crippen LogP contribution in [0.4, 0.5) is 0 Å². The van der Waals surface area contributed by atoms with Gasteiger partial charge in [0.2, 0.25) is 0 Å². The first-order valence-electron chi connectivity index (χ1n) is 8.12. The van der Waals surface area contributed by atoms with Crippen LogP contribution in [-0.2, 0) is 19.5 Å².